The number of benzene rings is 1. The van der Waals surface area contributed by atoms with Gasteiger partial charge in [0.25, 0.3) is 0 Å². The van der Waals surface area contributed by atoms with E-state index in [-0.39, 0.29) is 18.3 Å². The summed E-state index contributed by atoms with van der Waals surface area (Å²) in [6.45, 7) is 6.73. The second kappa shape index (κ2) is 33.1. The van der Waals surface area contributed by atoms with Crippen molar-refractivity contribution in [2.24, 2.45) is 0 Å². The fraction of sp³-hybridized carbons (Fsp3) is 0.864. The molecule has 1 saturated heterocycles. The van der Waals surface area contributed by atoms with E-state index < -0.39 is 12.4 Å². The van der Waals surface area contributed by atoms with E-state index >= 15 is 0 Å². The standard InChI is InChI=1S/C44H81NO7/c1-6-8-10-12-14-16-18-20-22-24-26-28-34-49-42-41(51-37-38-30-32-39(46-3)33-31-38)40(36-45-48-5)52-44(47-4)43(42)50-35-29-27-25-23-21-19-17-15-13-11-9-7-2/h30-33,40-45H,6-29,34-37H2,1-5H3/t40-,41-,42+,43-,44+/m1/s1. The minimum Gasteiger partial charge on any atom is -0.497 e. The maximum Gasteiger partial charge on any atom is 0.186 e. The van der Waals surface area contributed by atoms with Gasteiger partial charge in [-0.3, -0.25) is 0 Å². The molecule has 0 radical (unpaired) electrons. The highest BCUT2D eigenvalue weighted by atomic mass is 16.7. The van der Waals surface area contributed by atoms with Gasteiger partial charge in [0.05, 0.1) is 27.4 Å². The van der Waals surface area contributed by atoms with Crippen LogP contribution in [-0.2, 0) is 35.1 Å². The van der Waals surface area contributed by atoms with E-state index in [1.165, 1.54) is 141 Å². The lowest BCUT2D eigenvalue weighted by atomic mass is 9.97. The van der Waals surface area contributed by atoms with Gasteiger partial charge in [-0.15, -0.1) is 0 Å². The van der Waals surface area contributed by atoms with Crippen LogP contribution in [0.2, 0.25) is 0 Å². The molecule has 8 heteroatoms. The molecule has 0 aromatic heterocycles. The van der Waals surface area contributed by atoms with Gasteiger partial charge in [-0.2, -0.15) is 0 Å². The maximum absolute atomic E-state index is 6.73. The summed E-state index contributed by atoms with van der Waals surface area (Å²) in [7, 11) is 4.98. The number of hydrogen-bond acceptors (Lipinski definition) is 8. The number of ether oxygens (including phenoxy) is 6. The Morgan fingerprint density at radius 3 is 1.38 bits per heavy atom. The van der Waals surface area contributed by atoms with Gasteiger partial charge in [0, 0.05) is 20.3 Å². The summed E-state index contributed by atoms with van der Waals surface area (Å²) in [5.74, 6) is 0.824. The highest BCUT2D eigenvalue weighted by Crippen LogP contribution is 2.30. The zero-order valence-corrected chi connectivity index (χ0v) is 34.4. The van der Waals surface area contributed by atoms with Crippen LogP contribution in [0, 0.1) is 0 Å². The molecule has 5 atom stereocenters. The summed E-state index contributed by atoms with van der Waals surface area (Å²) in [6, 6.07) is 7.99. The zero-order valence-electron chi connectivity index (χ0n) is 34.4. The van der Waals surface area contributed by atoms with Gasteiger partial charge in [0.15, 0.2) is 6.29 Å². The summed E-state index contributed by atoms with van der Waals surface area (Å²) < 4.78 is 37.7. The predicted octanol–water partition coefficient (Wildman–Crippen LogP) is 11.3. The molecule has 1 N–H and O–H groups in total. The molecule has 0 amide bonds. The average molecular weight is 736 g/mol. The SMILES string of the molecule is CCCCCCCCCCCCCCO[C@@H]1[C@@H](OCCCCCCCCCCCCCC)[C@@H](OC)O[C@H](CNOC)[C@H]1OCc1ccc(OC)cc1. The Balaban J connectivity index is 1.91. The van der Waals surface area contributed by atoms with Gasteiger partial charge in [-0.1, -0.05) is 167 Å². The van der Waals surface area contributed by atoms with E-state index in [1.54, 1.807) is 21.3 Å². The quantitative estimate of drug-likeness (QED) is 0.0539. The summed E-state index contributed by atoms with van der Waals surface area (Å²) in [6.07, 6.45) is 29.5. The third-order valence-electron chi connectivity index (χ3n) is 10.5. The van der Waals surface area contributed by atoms with Crippen LogP contribution >= 0.6 is 0 Å². The molecule has 0 bridgehead atoms. The van der Waals surface area contributed by atoms with Crippen molar-refractivity contribution in [2.45, 2.75) is 205 Å². The first-order valence-corrected chi connectivity index (χ1v) is 21.6. The van der Waals surface area contributed by atoms with Gasteiger partial charge in [-0.05, 0) is 30.5 Å². The van der Waals surface area contributed by atoms with E-state index in [4.69, 9.17) is 33.3 Å². The molecule has 1 aliphatic heterocycles. The smallest absolute Gasteiger partial charge is 0.186 e. The third-order valence-corrected chi connectivity index (χ3v) is 10.5. The molecule has 52 heavy (non-hydrogen) atoms. The van der Waals surface area contributed by atoms with Crippen molar-refractivity contribution < 1.29 is 33.3 Å². The lowest BCUT2D eigenvalue weighted by Crippen LogP contribution is -2.62. The fourth-order valence-corrected chi connectivity index (χ4v) is 7.20. The summed E-state index contributed by atoms with van der Waals surface area (Å²) >= 11 is 0. The summed E-state index contributed by atoms with van der Waals surface area (Å²) in [5.41, 5.74) is 4.04. The van der Waals surface area contributed by atoms with Gasteiger partial charge in [-0.25, -0.2) is 5.48 Å². The molecular weight excluding hydrogens is 654 g/mol. The van der Waals surface area contributed by atoms with Crippen LogP contribution in [0.5, 0.6) is 5.75 Å². The Morgan fingerprint density at radius 2 is 0.962 bits per heavy atom. The summed E-state index contributed by atoms with van der Waals surface area (Å²) in [5, 5.41) is 0. The first-order chi connectivity index (χ1) is 25.7. The predicted molar refractivity (Wildman–Crippen MR) is 214 cm³/mol. The van der Waals surface area contributed by atoms with Crippen LogP contribution in [0.4, 0.5) is 0 Å². The molecule has 1 fully saturated rings. The highest BCUT2D eigenvalue weighted by Gasteiger charge is 2.48. The van der Waals surface area contributed by atoms with Crippen LogP contribution < -0.4 is 10.2 Å². The van der Waals surface area contributed by atoms with Crippen LogP contribution in [0.15, 0.2) is 24.3 Å². The Hall–Kier alpha value is -1.26. The average Bonchev–Trinajstić information content (AvgIpc) is 3.17. The minimum absolute atomic E-state index is 0.342. The molecule has 1 heterocycles. The number of hydrogen-bond donors (Lipinski definition) is 1. The van der Waals surface area contributed by atoms with Crippen LogP contribution in [-0.4, -0.2) is 71.8 Å². The van der Waals surface area contributed by atoms with Gasteiger partial charge in [0.1, 0.15) is 30.2 Å². The third kappa shape index (κ3) is 21.6. The second-order valence-corrected chi connectivity index (χ2v) is 14.9. The second-order valence-electron chi connectivity index (χ2n) is 14.9. The molecule has 8 nitrogen and oxygen atoms in total. The monoisotopic (exact) mass is 736 g/mol. The van der Waals surface area contributed by atoms with Gasteiger partial charge >= 0.3 is 0 Å². The van der Waals surface area contributed by atoms with Crippen LogP contribution in [0.3, 0.4) is 0 Å². The number of unbranched alkanes of at least 4 members (excludes halogenated alkanes) is 22. The highest BCUT2D eigenvalue weighted by molar-refractivity contribution is 5.26. The lowest BCUT2D eigenvalue weighted by Gasteiger charge is -2.45. The number of rotatable bonds is 36. The maximum atomic E-state index is 6.73. The Kier molecular flexibility index (Phi) is 29.9. The minimum atomic E-state index is -0.561. The van der Waals surface area contributed by atoms with E-state index in [2.05, 4.69) is 19.3 Å². The zero-order chi connectivity index (χ0) is 37.3. The largest absolute Gasteiger partial charge is 0.497 e. The molecule has 1 aromatic carbocycles. The lowest BCUT2D eigenvalue weighted by molar-refractivity contribution is -0.315. The Bertz CT molecular complexity index is 903. The molecule has 0 saturated carbocycles. The molecule has 0 aliphatic carbocycles. The number of hydroxylamine groups is 1. The van der Waals surface area contributed by atoms with Crippen molar-refractivity contribution in [2.75, 3.05) is 41.1 Å². The number of nitrogens with one attached hydrogen (secondary N) is 1. The van der Waals surface area contributed by atoms with Crippen molar-refractivity contribution in [3.8, 4) is 5.75 Å². The topological polar surface area (TPSA) is 76.6 Å². The van der Waals surface area contributed by atoms with Gasteiger partial charge in [0.2, 0.25) is 0 Å². The van der Waals surface area contributed by atoms with Crippen molar-refractivity contribution >= 4 is 0 Å². The molecule has 0 spiro atoms. The van der Waals surface area contributed by atoms with E-state index in [0.29, 0.717) is 26.4 Å². The van der Waals surface area contributed by atoms with E-state index in [0.717, 1.165) is 24.2 Å². The first-order valence-electron chi connectivity index (χ1n) is 21.6. The first kappa shape index (κ1) is 46.9. The van der Waals surface area contributed by atoms with Crippen LogP contribution in [0.1, 0.15) is 174 Å². The normalized spacial score (nSPS) is 20.4. The molecule has 2 rings (SSSR count). The molecule has 304 valence electrons. The van der Waals surface area contributed by atoms with Crippen molar-refractivity contribution in [3.05, 3.63) is 29.8 Å². The van der Waals surface area contributed by atoms with E-state index in [1.807, 2.05) is 24.3 Å². The van der Waals surface area contributed by atoms with Gasteiger partial charge < -0.3 is 33.3 Å². The molecular formula is C44H81NO7. The fourth-order valence-electron chi connectivity index (χ4n) is 7.20. The summed E-state index contributed by atoms with van der Waals surface area (Å²) in [4.78, 5) is 5.24. The molecule has 1 aromatic rings. The Labute approximate surface area is 320 Å². The molecule has 1 aliphatic rings. The Morgan fingerprint density at radius 1 is 0.519 bits per heavy atom. The van der Waals surface area contributed by atoms with E-state index in [9.17, 15) is 0 Å². The number of methoxy groups -OCH3 is 2. The molecule has 0 unspecified atom stereocenters. The van der Waals surface area contributed by atoms with Crippen LogP contribution in [0.25, 0.3) is 0 Å². The van der Waals surface area contributed by atoms with Crippen molar-refractivity contribution in [1.29, 1.82) is 0 Å². The van der Waals surface area contributed by atoms with Crippen molar-refractivity contribution in [1.82, 2.24) is 5.48 Å². The van der Waals surface area contributed by atoms with Crippen molar-refractivity contribution in [3.63, 3.8) is 0 Å².